The van der Waals surface area contributed by atoms with Crippen LogP contribution < -0.4 is 5.32 Å². The van der Waals surface area contributed by atoms with Crippen molar-refractivity contribution in [1.82, 2.24) is 24.6 Å². The molecule has 0 radical (unpaired) electrons. The lowest BCUT2D eigenvalue weighted by Crippen LogP contribution is -2.40. The molecule has 190 valence electrons. The number of carbonyl (C=O) groups excluding carboxylic acids is 1. The molecule has 0 unspecified atom stereocenters. The number of aromatic nitrogens is 3. The van der Waals surface area contributed by atoms with Crippen LogP contribution in [0.1, 0.15) is 69.1 Å². The number of fused-ring (bicyclic) bond motifs is 2. The number of benzene rings is 1. The van der Waals surface area contributed by atoms with Crippen LogP contribution in [0.25, 0.3) is 27.8 Å². The van der Waals surface area contributed by atoms with E-state index in [1.807, 2.05) is 24.4 Å². The predicted octanol–water partition coefficient (Wildman–Crippen LogP) is 4.76. The molecule has 1 amide bonds. The predicted molar refractivity (Wildman–Crippen MR) is 144 cm³/mol. The van der Waals surface area contributed by atoms with Crippen LogP contribution in [0.3, 0.4) is 0 Å². The summed E-state index contributed by atoms with van der Waals surface area (Å²) in [6, 6.07) is 8.91. The van der Waals surface area contributed by atoms with Gasteiger partial charge in [-0.3, -0.25) is 9.69 Å². The van der Waals surface area contributed by atoms with Crippen molar-refractivity contribution in [2.75, 3.05) is 26.7 Å². The number of aliphatic hydroxyl groups is 1. The molecule has 7 heteroatoms. The molecule has 4 aromatic rings. The summed E-state index contributed by atoms with van der Waals surface area (Å²) in [6.45, 7) is 10.5. The van der Waals surface area contributed by atoms with Gasteiger partial charge in [0.15, 0.2) is 0 Å². The van der Waals surface area contributed by atoms with Crippen LogP contribution in [0, 0.1) is 0 Å². The first-order chi connectivity index (χ1) is 17.2. The zero-order chi connectivity index (χ0) is 25.6. The number of H-pyrrole nitrogens is 1. The first-order valence-electron chi connectivity index (χ1n) is 12.9. The molecule has 0 saturated carbocycles. The molecule has 7 nitrogen and oxygen atoms in total. The maximum atomic E-state index is 11.8. The van der Waals surface area contributed by atoms with Gasteiger partial charge in [-0.1, -0.05) is 19.9 Å². The van der Waals surface area contributed by atoms with Crippen molar-refractivity contribution in [3.8, 4) is 11.3 Å². The van der Waals surface area contributed by atoms with Crippen LogP contribution in [0.2, 0.25) is 0 Å². The Hall–Kier alpha value is -3.16. The van der Waals surface area contributed by atoms with E-state index in [1.54, 1.807) is 13.2 Å². The van der Waals surface area contributed by atoms with Gasteiger partial charge in [0.05, 0.1) is 17.8 Å². The molecular formula is C29H37N5O2. The van der Waals surface area contributed by atoms with Gasteiger partial charge < -0.3 is 19.8 Å². The number of aromatic amines is 1. The summed E-state index contributed by atoms with van der Waals surface area (Å²) in [4.78, 5) is 22.2. The third kappa shape index (κ3) is 4.53. The summed E-state index contributed by atoms with van der Waals surface area (Å²) < 4.78 is 2.00. The van der Waals surface area contributed by atoms with Crippen molar-refractivity contribution in [2.45, 2.75) is 58.0 Å². The Morgan fingerprint density at radius 2 is 2.00 bits per heavy atom. The number of hydrogen-bond donors (Lipinski definition) is 3. The fourth-order valence-corrected chi connectivity index (χ4v) is 5.64. The van der Waals surface area contributed by atoms with E-state index in [9.17, 15) is 9.90 Å². The van der Waals surface area contributed by atoms with E-state index in [-0.39, 0.29) is 5.91 Å². The Balaban J connectivity index is 1.52. The number of amides is 1. The highest BCUT2D eigenvalue weighted by Crippen LogP contribution is 2.39. The van der Waals surface area contributed by atoms with E-state index >= 15 is 0 Å². The lowest BCUT2D eigenvalue weighted by atomic mass is 9.87. The molecule has 36 heavy (non-hydrogen) atoms. The summed E-state index contributed by atoms with van der Waals surface area (Å²) in [5, 5.41) is 14.9. The first-order valence-corrected chi connectivity index (χ1v) is 12.9. The Morgan fingerprint density at radius 3 is 2.67 bits per heavy atom. The van der Waals surface area contributed by atoms with E-state index in [4.69, 9.17) is 0 Å². The lowest BCUT2D eigenvalue weighted by Gasteiger charge is -2.31. The maximum absolute atomic E-state index is 11.8. The molecule has 0 bridgehead atoms. The number of likely N-dealkylation sites (N-methyl/N-ethyl adjacent to an activating group) is 1. The normalized spacial score (nSPS) is 15.9. The topological polar surface area (TPSA) is 85.7 Å². The number of pyridine rings is 1. The minimum atomic E-state index is -1.01. The molecule has 0 aliphatic carbocycles. The van der Waals surface area contributed by atoms with Crippen molar-refractivity contribution in [1.29, 1.82) is 0 Å². The fraction of sp³-hybridized carbons (Fsp3) is 0.448. The maximum Gasteiger partial charge on any atom is 0.233 e. The van der Waals surface area contributed by atoms with Gasteiger partial charge in [0.1, 0.15) is 5.65 Å². The number of imidazole rings is 1. The molecule has 0 spiro atoms. The second kappa shape index (κ2) is 9.37. The second-order valence-corrected chi connectivity index (χ2v) is 11.0. The number of nitrogens with zero attached hydrogens (tertiary/aromatic N) is 3. The quantitative estimate of drug-likeness (QED) is 0.366. The van der Waals surface area contributed by atoms with Crippen molar-refractivity contribution in [3.63, 3.8) is 0 Å². The molecule has 1 aliphatic heterocycles. The number of likely N-dealkylation sites (tertiary alicyclic amines) is 1. The van der Waals surface area contributed by atoms with Crippen molar-refractivity contribution in [2.24, 2.45) is 0 Å². The minimum Gasteiger partial charge on any atom is -0.386 e. The molecule has 3 aromatic heterocycles. The Labute approximate surface area is 212 Å². The van der Waals surface area contributed by atoms with Crippen LogP contribution in [0.4, 0.5) is 0 Å². The standard InChI is InChI=1S/C29H37N5O2/c1-18(2)26-22-14-20(19-8-11-33(12-9-19)17-25(35)30-5)6-7-24(22)32-27(26)21-15-23(29(3,4)36)28-31-10-13-34(28)16-21/h6-7,10,13-16,18-19,32,36H,8-9,11-12,17H2,1-5H3,(H,30,35). The number of carbonyl (C=O) groups is 1. The van der Waals surface area contributed by atoms with Crippen LogP contribution in [0.15, 0.2) is 42.9 Å². The van der Waals surface area contributed by atoms with Gasteiger partial charge in [0.25, 0.3) is 0 Å². The number of nitrogens with one attached hydrogen (secondary N) is 2. The number of piperidine rings is 1. The van der Waals surface area contributed by atoms with Crippen LogP contribution in [0.5, 0.6) is 0 Å². The highest BCUT2D eigenvalue weighted by Gasteiger charge is 2.26. The Bertz CT molecular complexity index is 1400. The molecule has 1 aromatic carbocycles. The summed E-state index contributed by atoms with van der Waals surface area (Å²) in [5.41, 5.74) is 6.51. The second-order valence-electron chi connectivity index (χ2n) is 11.0. The third-order valence-corrected chi connectivity index (χ3v) is 7.58. The molecule has 4 heterocycles. The highest BCUT2D eigenvalue weighted by molar-refractivity contribution is 5.92. The number of hydrogen-bond acceptors (Lipinski definition) is 4. The van der Waals surface area contributed by atoms with Gasteiger partial charge in [-0.25, -0.2) is 4.98 Å². The average Bonchev–Trinajstić information content (AvgIpc) is 3.47. The summed E-state index contributed by atoms with van der Waals surface area (Å²) in [5.74, 6) is 0.901. The SMILES string of the molecule is CNC(=O)CN1CCC(c2ccc3[nH]c(-c4cc(C(C)(C)O)c5nccn5c4)c(C(C)C)c3c2)CC1. The summed E-state index contributed by atoms with van der Waals surface area (Å²) in [7, 11) is 1.70. The summed E-state index contributed by atoms with van der Waals surface area (Å²) >= 11 is 0. The molecule has 0 atom stereocenters. The number of rotatable bonds is 6. The van der Waals surface area contributed by atoms with E-state index < -0.39 is 5.60 Å². The van der Waals surface area contributed by atoms with E-state index in [0.29, 0.717) is 18.4 Å². The first kappa shape index (κ1) is 24.5. The molecule has 1 saturated heterocycles. The monoisotopic (exact) mass is 487 g/mol. The van der Waals surface area contributed by atoms with Crippen molar-refractivity contribution < 1.29 is 9.90 Å². The van der Waals surface area contributed by atoms with Gasteiger partial charge in [-0.05, 0) is 80.9 Å². The largest absolute Gasteiger partial charge is 0.386 e. The van der Waals surface area contributed by atoms with Gasteiger partial charge in [-0.15, -0.1) is 0 Å². The van der Waals surface area contributed by atoms with Crippen LogP contribution >= 0.6 is 0 Å². The third-order valence-electron chi connectivity index (χ3n) is 7.58. The van der Waals surface area contributed by atoms with Gasteiger partial charge >= 0.3 is 0 Å². The van der Waals surface area contributed by atoms with Gasteiger partial charge in [0.2, 0.25) is 5.91 Å². The minimum absolute atomic E-state index is 0.0814. The molecule has 5 rings (SSSR count). The molecular weight excluding hydrogens is 450 g/mol. The molecule has 1 fully saturated rings. The van der Waals surface area contributed by atoms with Crippen molar-refractivity contribution >= 4 is 22.5 Å². The average molecular weight is 488 g/mol. The molecule has 3 N–H and O–H groups in total. The molecule has 1 aliphatic rings. The van der Waals surface area contributed by atoms with E-state index in [2.05, 4.69) is 64.5 Å². The zero-order valence-corrected chi connectivity index (χ0v) is 21.9. The fourth-order valence-electron chi connectivity index (χ4n) is 5.64. The van der Waals surface area contributed by atoms with Crippen LogP contribution in [-0.2, 0) is 10.4 Å². The van der Waals surface area contributed by atoms with E-state index in [0.717, 1.165) is 53.9 Å². The zero-order valence-electron chi connectivity index (χ0n) is 21.9. The van der Waals surface area contributed by atoms with Gasteiger partial charge in [-0.2, -0.15) is 0 Å². The lowest BCUT2D eigenvalue weighted by molar-refractivity contribution is -0.122. The Morgan fingerprint density at radius 1 is 1.25 bits per heavy atom. The van der Waals surface area contributed by atoms with Crippen LogP contribution in [-0.4, -0.2) is 57.0 Å². The van der Waals surface area contributed by atoms with E-state index in [1.165, 1.54) is 16.5 Å². The smallest absolute Gasteiger partial charge is 0.233 e. The Kier molecular flexibility index (Phi) is 6.39. The van der Waals surface area contributed by atoms with Gasteiger partial charge in [0, 0.05) is 47.7 Å². The van der Waals surface area contributed by atoms with Crippen molar-refractivity contribution in [3.05, 3.63) is 59.5 Å². The highest BCUT2D eigenvalue weighted by atomic mass is 16.3. The summed E-state index contributed by atoms with van der Waals surface area (Å²) in [6.07, 6.45) is 7.92.